The molecule has 0 spiro atoms. The summed E-state index contributed by atoms with van der Waals surface area (Å²) in [6.45, 7) is 0.957. The minimum Gasteiger partial charge on any atom is -0.477 e. The summed E-state index contributed by atoms with van der Waals surface area (Å²) in [6, 6.07) is 3.63. The molecule has 7 nitrogen and oxygen atoms in total. The summed E-state index contributed by atoms with van der Waals surface area (Å²) < 4.78 is 43.9. The highest BCUT2D eigenvalue weighted by molar-refractivity contribution is 5.92. The van der Waals surface area contributed by atoms with Crippen molar-refractivity contribution >= 4 is 22.8 Å². The lowest BCUT2D eigenvalue weighted by molar-refractivity contribution is 0.0695. The lowest BCUT2D eigenvalue weighted by Gasteiger charge is -2.31. The van der Waals surface area contributed by atoms with Crippen molar-refractivity contribution in [2.45, 2.75) is 18.4 Å². The third-order valence-corrected chi connectivity index (χ3v) is 6.18. The van der Waals surface area contributed by atoms with Gasteiger partial charge in [0, 0.05) is 30.9 Å². The van der Waals surface area contributed by atoms with Crippen molar-refractivity contribution in [3.05, 3.63) is 63.7 Å². The average molecular weight is 430 g/mol. The van der Waals surface area contributed by atoms with E-state index < -0.39 is 34.4 Å². The molecule has 2 aromatic heterocycles. The number of rotatable bonds is 3. The van der Waals surface area contributed by atoms with Gasteiger partial charge < -0.3 is 15.7 Å². The predicted octanol–water partition coefficient (Wildman–Crippen LogP) is 2.43. The first kappa shape index (κ1) is 19.6. The Morgan fingerprint density at radius 1 is 1.23 bits per heavy atom. The molecule has 3 aromatic rings. The van der Waals surface area contributed by atoms with Crippen LogP contribution in [-0.4, -0.2) is 39.3 Å². The second-order valence-corrected chi connectivity index (χ2v) is 8.14. The summed E-state index contributed by atoms with van der Waals surface area (Å²) in [5.74, 6) is -3.98. The van der Waals surface area contributed by atoms with Gasteiger partial charge in [-0.2, -0.15) is 0 Å². The van der Waals surface area contributed by atoms with Gasteiger partial charge in [-0.15, -0.1) is 0 Å². The largest absolute Gasteiger partial charge is 0.477 e. The Kier molecular flexibility index (Phi) is 4.13. The van der Waals surface area contributed by atoms with E-state index >= 15 is 0 Å². The molecule has 31 heavy (non-hydrogen) atoms. The Morgan fingerprint density at radius 2 is 2.00 bits per heavy atom. The number of aromatic nitrogens is 2. The first-order chi connectivity index (χ1) is 14.7. The van der Waals surface area contributed by atoms with Crippen LogP contribution < -0.4 is 16.1 Å². The molecule has 1 saturated carbocycles. The SMILES string of the molecule is NC12CCN(c3nc4c(cc3F)c(=O)c(C(=O)O)cn4-c3ccc(F)cc3F)CC1C2. The van der Waals surface area contributed by atoms with E-state index in [0.717, 1.165) is 35.4 Å². The number of hydrogen-bond donors (Lipinski definition) is 2. The maximum atomic E-state index is 15.0. The molecule has 2 atom stereocenters. The number of aromatic carboxylic acids is 1. The molecule has 3 heterocycles. The maximum absolute atomic E-state index is 15.0. The molecule has 0 amide bonds. The van der Waals surface area contributed by atoms with E-state index in [1.807, 2.05) is 0 Å². The van der Waals surface area contributed by atoms with Crippen LogP contribution in [0.5, 0.6) is 0 Å². The third kappa shape index (κ3) is 3.05. The lowest BCUT2D eigenvalue weighted by atomic mass is 10.1. The molecule has 0 radical (unpaired) electrons. The fourth-order valence-corrected chi connectivity index (χ4v) is 4.29. The zero-order chi connectivity index (χ0) is 22.1. The van der Waals surface area contributed by atoms with E-state index in [4.69, 9.17) is 5.73 Å². The minimum atomic E-state index is -1.56. The minimum absolute atomic E-state index is 0.0276. The molecule has 0 bridgehead atoms. The smallest absolute Gasteiger partial charge is 0.341 e. The number of benzene rings is 1. The highest BCUT2D eigenvalue weighted by Crippen LogP contribution is 2.48. The Hall–Kier alpha value is -3.40. The molecular formula is C21H17F3N4O3. The van der Waals surface area contributed by atoms with Gasteiger partial charge in [0.15, 0.2) is 17.3 Å². The first-order valence-electron chi connectivity index (χ1n) is 9.66. The van der Waals surface area contributed by atoms with Gasteiger partial charge in [0.25, 0.3) is 0 Å². The van der Waals surface area contributed by atoms with Crippen molar-refractivity contribution in [1.29, 1.82) is 0 Å². The number of carbonyl (C=O) groups is 1. The zero-order valence-electron chi connectivity index (χ0n) is 16.1. The number of halogens is 3. The summed E-state index contributed by atoms with van der Waals surface area (Å²) in [4.78, 5) is 30.2. The molecule has 2 unspecified atom stereocenters. The summed E-state index contributed by atoms with van der Waals surface area (Å²) in [5, 5.41) is 9.08. The van der Waals surface area contributed by atoms with Gasteiger partial charge in [-0.25, -0.2) is 22.9 Å². The monoisotopic (exact) mass is 430 g/mol. The number of nitrogens with zero attached hydrogens (tertiary/aromatic N) is 3. The van der Waals surface area contributed by atoms with Crippen LogP contribution in [-0.2, 0) is 0 Å². The van der Waals surface area contributed by atoms with Crippen molar-refractivity contribution in [2.24, 2.45) is 11.7 Å². The lowest BCUT2D eigenvalue weighted by Crippen LogP contribution is -2.42. The quantitative estimate of drug-likeness (QED) is 0.662. The van der Waals surface area contributed by atoms with Gasteiger partial charge in [0.05, 0.1) is 11.1 Å². The second kappa shape index (κ2) is 6.55. The molecule has 2 fully saturated rings. The van der Waals surface area contributed by atoms with Crippen molar-refractivity contribution < 1.29 is 23.1 Å². The van der Waals surface area contributed by atoms with E-state index in [1.165, 1.54) is 0 Å². The number of hydrogen-bond acceptors (Lipinski definition) is 5. The standard InChI is InChI=1S/C21H17F3N4O3/c22-11-1-2-16(14(23)5-11)28-9-13(20(30)31)17(29)12-6-15(24)19(26-18(12)28)27-4-3-21(25)7-10(21)8-27/h1-2,5-6,9-10H,3-4,7-8,25H2,(H,30,31). The van der Waals surface area contributed by atoms with Crippen LogP contribution in [0.2, 0.25) is 0 Å². The molecule has 1 aliphatic carbocycles. The zero-order valence-corrected chi connectivity index (χ0v) is 16.1. The van der Waals surface area contributed by atoms with E-state index in [2.05, 4.69) is 4.98 Å². The Labute approximate surface area is 173 Å². The number of pyridine rings is 2. The summed E-state index contributed by atoms with van der Waals surface area (Å²) in [5.41, 5.74) is 4.00. The molecule has 1 saturated heterocycles. The Bertz CT molecular complexity index is 1330. The molecule has 3 N–H and O–H groups in total. The number of carboxylic acids is 1. The van der Waals surface area contributed by atoms with E-state index in [0.29, 0.717) is 25.6 Å². The Balaban J connectivity index is 1.75. The average Bonchev–Trinajstić information content (AvgIpc) is 3.39. The molecular weight excluding hydrogens is 413 g/mol. The van der Waals surface area contributed by atoms with Crippen molar-refractivity contribution in [2.75, 3.05) is 18.0 Å². The van der Waals surface area contributed by atoms with Crippen LogP contribution in [0.25, 0.3) is 16.7 Å². The number of nitrogens with two attached hydrogens (primary N) is 1. The van der Waals surface area contributed by atoms with Crippen LogP contribution in [0, 0.1) is 23.4 Å². The van der Waals surface area contributed by atoms with Crippen LogP contribution in [0.1, 0.15) is 23.2 Å². The normalized spacial score (nSPS) is 22.5. The van der Waals surface area contributed by atoms with Gasteiger partial charge in [-0.05, 0) is 37.0 Å². The third-order valence-electron chi connectivity index (χ3n) is 6.18. The molecule has 160 valence electrons. The number of anilines is 1. The topological polar surface area (TPSA) is 101 Å². The van der Waals surface area contributed by atoms with Gasteiger partial charge in [0.2, 0.25) is 5.43 Å². The molecule has 2 aliphatic rings. The molecule has 5 rings (SSSR count). The highest BCUT2D eigenvalue weighted by Gasteiger charge is 2.54. The molecule has 10 heteroatoms. The fraction of sp³-hybridized carbons (Fsp3) is 0.286. The van der Waals surface area contributed by atoms with Crippen molar-refractivity contribution in [3.63, 3.8) is 0 Å². The fourth-order valence-electron chi connectivity index (χ4n) is 4.29. The van der Waals surface area contributed by atoms with E-state index in [9.17, 15) is 27.9 Å². The number of carboxylic acid groups (broad SMARTS) is 1. The Morgan fingerprint density at radius 3 is 2.68 bits per heavy atom. The number of fused-ring (bicyclic) bond motifs is 2. The summed E-state index contributed by atoms with van der Waals surface area (Å²) in [6.07, 6.45) is 2.42. The second-order valence-electron chi connectivity index (χ2n) is 8.14. The highest BCUT2D eigenvalue weighted by atomic mass is 19.1. The molecule has 1 aromatic carbocycles. The van der Waals surface area contributed by atoms with Crippen LogP contribution in [0.15, 0.2) is 35.3 Å². The maximum Gasteiger partial charge on any atom is 0.341 e. The van der Waals surface area contributed by atoms with Crippen LogP contribution in [0.3, 0.4) is 0 Å². The van der Waals surface area contributed by atoms with Gasteiger partial charge in [0.1, 0.15) is 17.2 Å². The first-order valence-corrected chi connectivity index (χ1v) is 9.66. The summed E-state index contributed by atoms with van der Waals surface area (Å²) >= 11 is 0. The van der Waals surface area contributed by atoms with Crippen LogP contribution >= 0.6 is 0 Å². The predicted molar refractivity (Wildman–Crippen MR) is 106 cm³/mol. The molecule has 1 aliphatic heterocycles. The van der Waals surface area contributed by atoms with Crippen LogP contribution in [0.4, 0.5) is 19.0 Å². The van der Waals surface area contributed by atoms with Crippen molar-refractivity contribution in [3.8, 4) is 5.69 Å². The van der Waals surface area contributed by atoms with E-state index in [1.54, 1.807) is 4.90 Å². The van der Waals surface area contributed by atoms with Crippen molar-refractivity contribution in [1.82, 2.24) is 9.55 Å². The van der Waals surface area contributed by atoms with Gasteiger partial charge in [-0.3, -0.25) is 9.36 Å². The van der Waals surface area contributed by atoms with Gasteiger partial charge >= 0.3 is 5.97 Å². The van der Waals surface area contributed by atoms with E-state index in [-0.39, 0.29) is 34.0 Å². The number of piperidine rings is 1. The van der Waals surface area contributed by atoms with Gasteiger partial charge in [-0.1, -0.05) is 0 Å². The summed E-state index contributed by atoms with van der Waals surface area (Å²) in [7, 11) is 0.